The fraction of sp³-hybridized carbons (Fsp3) is 0.407. The summed E-state index contributed by atoms with van der Waals surface area (Å²) in [5.41, 5.74) is 1.44. The molecule has 8 heteroatoms. The van der Waals surface area contributed by atoms with Gasteiger partial charge in [0.05, 0.1) is 32.8 Å². The van der Waals surface area contributed by atoms with Crippen molar-refractivity contribution in [1.82, 2.24) is 5.32 Å². The van der Waals surface area contributed by atoms with Crippen molar-refractivity contribution in [3.63, 3.8) is 0 Å². The molecular formula is C27H34N2O5S. The molecule has 0 aliphatic carbocycles. The average Bonchev–Trinajstić information content (AvgIpc) is 3.22. The molecule has 0 bridgehead atoms. The van der Waals surface area contributed by atoms with Crippen LogP contribution in [0.5, 0.6) is 23.0 Å². The normalized spacial score (nSPS) is 15.4. The fourth-order valence-corrected chi connectivity index (χ4v) is 4.41. The van der Waals surface area contributed by atoms with Crippen molar-refractivity contribution in [2.24, 2.45) is 4.99 Å². The van der Waals surface area contributed by atoms with Gasteiger partial charge in [-0.15, -0.1) is 0 Å². The second-order valence-electron chi connectivity index (χ2n) is 8.05. The van der Waals surface area contributed by atoms with E-state index in [1.807, 2.05) is 24.3 Å². The fourth-order valence-electron chi connectivity index (χ4n) is 3.58. The van der Waals surface area contributed by atoms with E-state index in [-0.39, 0.29) is 5.91 Å². The minimum atomic E-state index is -0.205. The van der Waals surface area contributed by atoms with Crippen molar-refractivity contribution < 1.29 is 23.7 Å². The number of nitrogens with one attached hydrogen (secondary N) is 1. The van der Waals surface area contributed by atoms with Crippen LogP contribution in [-0.4, -0.2) is 39.0 Å². The van der Waals surface area contributed by atoms with E-state index in [0.717, 1.165) is 12.0 Å². The third-order valence-corrected chi connectivity index (χ3v) is 6.41. The minimum Gasteiger partial charge on any atom is -0.497 e. The van der Waals surface area contributed by atoms with Crippen LogP contribution in [0.4, 0.5) is 5.69 Å². The third kappa shape index (κ3) is 7.68. The molecule has 2 aromatic carbocycles. The molecule has 1 heterocycles. The summed E-state index contributed by atoms with van der Waals surface area (Å²) in [7, 11) is 4.78. The summed E-state index contributed by atoms with van der Waals surface area (Å²) in [5, 5.41) is 3.29. The van der Waals surface area contributed by atoms with Crippen LogP contribution in [0.15, 0.2) is 46.3 Å². The first kappa shape index (κ1) is 26.5. The molecule has 3 rings (SSSR count). The molecule has 1 saturated heterocycles. The third-order valence-electron chi connectivity index (χ3n) is 5.50. The number of hydrogen-bond acceptors (Lipinski definition) is 7. The Labute approximate surface area is 211 Å². The molecule has 0 radical (unpaired) electrons. The van der Waals surface area contributed by atoms with Gasteiger partial charge in [-0.1, -0.05) is 45.1 Å². The molecular weight excluding hydrogens is 464 g/mol. The van der Waals surface area contributed by atoms with Crippen LogP contribution in [0.2, 0.25) is 0 Å². The summed E-state index contributed by atoms with van der Waals surface area (Å²) in [5.74, 6) is 2.38. The summed E-state index contributed by atoms with van der Waals surface area (Å²) in [4.78, 5) is 17.6. The predicted octanol–water partition coefficient (Wildman–Crippen LogP) is 6.34. The first-order chi connectivity index (χ1) is 17.1. The zero-order chi connectivity index (χ0) is 25.0. The van der Waals surface area contributed by atoms with E-state index in [1.54, 1.807) is 39.5 Å². The highest BCUT2D eigenvalue weighted by Crippen LogP contribution is 2.35. The van der Waals surface area contributed by atoms with Crippen molar-refractivity contribution in [1.29, 1.82) is 0 Å². The lowest BCUT2D eigenvalue weighted by Gasteiger charge is -2.11. The van der Waals surface area contributed by atoms with Crippen molar-refractivity contribution >= 4 is 34.6 Å². The molecule has 0 unspecified atom stereocenters. The monoisotopic (exact) mass is 498 g/mol. The Morgan fingerprint density at radius 3 is 2.40 bits per heavy atom. The van der Waals surface area contributed by atoms with E-state index in [1.165, 1.54) is 43.9 Å². The van der Waals surface area contributed by atoms with Gasteiger partial charge in [0.15, 0.2) is 16.7 Å². The van der Waals surface area contributed by atoms with Gasteiger partial charge < -0.3 is 24.3 Å². The number of benzene rings is 2. The number of ether oxygens (including phenoxy) is 4. The summed E-state index contributed by atoms with van der Waals surface area (Å²) >= 11 is 1.27. The summed E-state index contributed by atoms with van der Waals surface area (Å²) < 4.78 is 22.1. The van der Waals surface area contributed by atoms with Crippen molar-refractivity contribution in [3.05, 3.63) is 46.9 Å². The molecule has 7 nitrogen and oxygen atoms in total. The molecule has 1 aliphatic rings. The minimum absolute atomic E-state index is 0.205. The highest BCUT2D eigenvalue weighted by atomic mass is 32.2. The molecule has 1 N–H and O–H groups in total. The Bertz CT molecular complexity index is 1070. The number of aliphatic imine (C=N–C) groups is 1. The predicted molar refractivity (Wildman–Crippen MR) is 142 cm³/mol. The van der Waals surface area contributed by atoms with E-state index < -0.39 is 0 Å². The van der Waals surface area contributed by atoms with Crippen LogP contribution in [0, 0.1) is 0 Å². The van der Waals surface area contributed by atoms with E-state index in [0.29, 0.717) is 45.4 Å². The summed E-state index contributed by atoms with van der Waals surface area (Å²) in [6.45, 7) is 2.88. The topological polar surface area (TPSA) is 78.4 Å². The standard InChI is InChI=1S/C27H34N2O5S/c1-5-6-7-8-9-10-15-34-22-14-11-19(16-24(22)33-4)17-25-26(30)29-27(35-25)28-21-13-12-20(31-2)18-23(21)32-3/h11-14,16-18H,5-10,15H2,1-4H3,(H,28,29,30)/b25-17-. The first-order valence-electron chi connectivity index (χ1n) is 11.9. The maximum absolute atomic E-state index is 12.5. The Morgan fingerprint density at radius 2 is 1.66 bits per heavy atom. The highest BCUT2D eigenvalue weighted by molar-refractivity contribution is 8.18. The molecule has 0 atom stereocenters. The van der Waals surface area contributed by atoms with E-state index >= 15 is 0 Å². The Hall–Kier alpha value is -3.13. The van der Waals surface area contributed by atoms with Gasteiger partial charge in [0.2, 0.25) is 0 Å². The number of amides is 1. The van der Waals surface area contributed by atoms with Crippen LogP contribution in [0.25, 0.3) is 6.08 Å². The van der Waals surface area contributed by atoms with Crippen LogP contribution in [0.3, 0.4) is 0 Å². The van der Waals surface area contributed by atoms with Gasteiger partial charge in [-0.25, -0.2) is 4.99 Å². The average molecular weight is 499 g/mol. The highest BCUT2D eigenvalue weighted by Gasteiger charge is 2.24. The van der Waals surface area contributed by atoms with Crippen molar-refractivity contribution in [2.75, 3.05) is 27.9 Å². The summed E-state index contributed by atoms with van der Waals surface area (Å²) in [6, 6.07) is 11.0. The molecule has 0 saturated carbocycles. The molecule has 0 aromatic heterocycles. The smallest absolute Gasteiger partial charge is 0.264 e. The zero-order valence-corrected chi connectivity index (χ0v) is 21.7. The summed E-state index contributed by atoms with van der Waals surface area (Å²) in [6.07, 6.45) is 9.09. The van der Waals surface area contributed by atoms with Crippen LogP contribution in [0.1, 0.15) is 51.0 Å². The number of methoxy groups -OCH3 is 3. The van der Waals surface area contributed by atoms with Gasteiger partial charge in [-0.3, -0.25) is 4.79 Å². The second kappa shape index (κ2) is 13.7. The van der Waals surface area contributed by atoms with Crippen LogP contribution < -0.4 is 24.3 Å². The molecule has 35 heavy (non-hydrogen) atoms. The molecule has 1 fully saturated rings. The quantitative estimate of drug-likeness (QED) is 0.256. The lowest BCUT2D eigenvalue weighted by Crippen LogP contribution is -2.19. The Morgan fingerprint density at radius 1 is 0.886 bits per heavy atom. The zero-order valence-electron chi connectivity index (χ0n) is 20.9. The van der Waals surface area contributed by atoms with Gasteiger partial charge in [-0.05, 0) is 54.1 Å². The molecule has 2 aromatic rings. The number of rotatable bonds is 13. The van der Waals surface area contributed by atoms with Gasteiger partial charge in [0, 0.05) is 6.07 Å². The maximum Gasteiger partial charge on any atom is 0.264 e. The van der Waals surface area contributed by atoms with Gasteiger partial charge >= 0.3 is 0 Å². The lowest BCUT2D eigenvalue weighted by atomic mass is 10.1. The van der Waals surface area contributed by atoms with E-state index in [9.17, 15) is 4.79 Å². The number of carbonyl (C=O) groups is 1. The number of thioether (sulfide) groups is 1. The second-order valence-corrected chi connectivity index (χ2v) is 9.08. The lowest BCUT2D eigenvalue weighted by molar-refractivity contribution is -0.115. The van der Waals surface area contributed by atoms with E-state index in [4.69, 9.17) is 18.9 Å². The first-order valence-corrected chi connectivity index (χ1v) is 12.7. The number of nitrogens with zero attached hydrogens (tertiary/aromatic N) is 1. The number of unbranched alkanes of at least 4 members (excludes halogenated alkanes) is 5. The molecule has 1 aliphatic heterocycles. The van der Waals surface area contributed by atoms with Crippen LogP contribution >= 0.6 is 11.8 Å². The molecule has 1 amide bonds. The maximum atomic E-state index is 12.5. The van der Waals surface area contributed by atoms with Gasteiger partial charge in [-0.2, -0.15) is 0 Å². The van der Waals surface area contributed by atoms with Crippen LogP contribution in [-0.2, 0) is 4.79 Å². The molecule has 0 spiro atoms. The van der Waals surface area contributed by atoms with Crippen molar-refractivity contribution in [2.45, 2.75) is 45.4 Å². The number of amidine groups is 1. The number of hydrogen-bond donors (Lipinski definition) is 1. The SMILES string of the molecule is CCCCCCCCOc1ccc(/C=C2\SC(=Nc3ccc(OC)cc3OC)NC2=O)cc1OC. The van der Waals surface area contributed by atoms with Crippen molar-refractivity contribution in [3.8, 4) is 23.0 Å². The Kier molecular flexibility index (Phi) is 10.3. The van der Waals surface area contributed by atoms with Gasteiger partial charge in [0.25, 0.3) is 5.91 Å². The Balaban J connectivity index is 1.65. The van der Waals surface area contributed by atoms with E-state index in [2.05, 4.69) is 17.2 Å². The van der Waals surface area contributed by atoms with Gasteiger partial charge in [0.1, 0.15) is 17.2 Å². The molecule has 188 valence electrons. The largest absolute Gasteiger partial charge is 0.497 e. The number of carbonyl (C=O) groups excluding carboxylic acids is 1.